The summed E-state index contributed by atoms with van der Waals surface area (Å²) < 4.78 is 46.3. The molecule has 5 aliphatic rings. The molecule has 2 saturated carbocycles. The van der Waals surface area contributed by atoms with Gasteiger partial charge in [0.05, 0.1) is 40.4 Å². The number of nitrogens with one attached hydrogen (secondary N) is 1. The number of aromatic hydroxyl groups is 1. The number of carbonyl (C=O) groups is 4. The molecule has 2 aliphatic heterocycles. The van der Waals surface area contributed by atoms with Crippen molar-refractivity contribution in [2.75, 3.05) is 12.0 Å². The minimum atomic E-state index is -4.74. The predicted octanol–water partition coefficient (Wildman–Crippen LogP) is 7.83. The Bertz CT molecular complexity index is 2120. The minimum Gasteiger partial charge on any atom is -0.504 e. The van der Waals surface area contributed by atoms with E-state index >= 15 is 4.79 Å². The molecule has 10 nitrogen and oxygen atoms in total. The highest BCUT2D eigenvalue weighted by Crippen LogP contribution is 2.64. The van der Waals surface area contributed by atoms with Crippen LogP contribution in [0.3, 0.4) is 0 Å². The third kappa shape index (κ3) is 5.87. The lowest BCUT2D eigenvalue weighted by molar-refractivity contribution is -0.144. The van der Waals surface area contributed by atoms with Gasteiger partial charge in [-0.2, -0.15) is 18.2 Å². The lowest BCUT2D eigenvalue weighted by Gasteiger charge is -2.50. The number of ether oxygens (including phenoxy) is 1. The van der Waals surface area contributed by atoms with Crippen LogP contribution in [-0.4, -0.2) is 56.3 Å². The number of imide groups is 2. The number of allylic oxidation sites excluding steroid dienone is 2. The molecule has 0 spiro atoms. The SMILES string of the molecule is CCOc1cc(C2C3=CCC4C(=O)N(C5CCCCC5)C(=O)C4C3CC3C(=O)N(Nc4ncc(C(F)(F)F)cc4Cl)C(=O)C32c2ccc(Cl)cc2)ccc1O. The highest BCUT2D eigenvalue weighted by atomic mass is 35.5. The molecule has 2 saturated heterocycles. The zero-order valence-corrected chi connectivity index (χ0v) is 31.1. The van der Waals surface area contributed by atoms with Gasteiger partial charge in [0, 0.05) is 23.2 Å². The Labute approximate surface area is 324 Å². The van der Waals surface area contributed by atoms with Gasteiger partial charge in [-0.1, -0.05) is 72.3 Å². The Morgan fingerprint density at radius 1 is 0.964 bits per heavy atom. The van der Waals surface area contributed by atoms with Crippen molar-refractivity contribution in [3.8, 4) is 11.5 Å². The molecule has 8 rings (SSSR count). The van der Waals surface area contributed by atoms with E-state index in [1.165, 1.54) is 11.0 Å². The van der Waals surface area contributed by atoms with Crippen LogP contribution in [0.5, 0.6) is 11.5 Å². The number of alkyl halides is 3. The van der Waals surface area contributed by atoms with E-state index in [1.807, 2.05) is 6.08 Å². The Hall–Kier alpha value is -4.62. The van der Waals surface area contributed by atoms with Crippen molar-refractivity contribution in [2.45, 2.75) is 75.4 Å². The van der Waals surface area contributed by atoms with Crippen LogP contribution >= 0.6 is 23.2 Å². The van der Waals surface area contributed by atoms with E-state index in [0.717, 1.165) is 37.1 Å². The summed E-state index contributed by atoms with van der Waals surface area (Å²) >= 11 is 12.6. The summed E-state index contributed by atoms with van der Waals surface area (Å²) in [5, 5.41) is 11.4. The van der Waals surface area contributed by atoms with E-state index in [-0.39, 0.29) is 54.6 Å². The zero-order valence-electron chi connectivity index (χ0n) is 29.6. The molecule has 4 amide bonds. The van der Waals surface area contributed by atoms with Crippen molar-refractivity contribution in [3.05, 3.63) is 93.1 Å². The summed E-state index contributed by atoms with van der Waals surface area (Å²) in [6.07, 6.45) is 2.32. The van der Waals surface area contributed by atoms with Crippen LogP contribution in [0.2, 0.25) is 10.0 Å². The number of nitrogens with zero attached hydrogens (tertiary/aromatic N) is 3. The van der Waals surface area contributed by atoms with E-state index in [0.29, 0.717) is 34.0 Å². The fraction of sp³-hybridized carbons (Fsp3) is 0.425. The second kappa shape index (κ2) is 13.8. The van der Waals surface area contributed by atoms with Gasteiger partial charge in [0.15, 0.2) is 17.3 Å². The first-order valence-electron chi connectivity index (χ1n) is 18.4. The topological polar surface area (TPSA) is 129 Å². The van der Waals surface area contributed by atoms with Crippen molar-refractivity contribution in [1.29, 1.82) is 0 Å². The molecule has 288 valence electrons. The van der Waals surface area contributed by atoms with E-state index < -0.39 is 63.6 Å². The molecule has 3 heterocycles. The lowest BCUT2D eigenvalue weighted by Crippen LogP contribution is -2.53. The number of halogens is 5. The summed E-state index contributed by atoms with van der Waals surface area (Å²) in [7, 11) is 0. The lowest BCUT2D eigenvalue weighted by atomic mass is 9.49. The van der Waals surface area contributed by atoms with Gasteiger partial charge in [0.1, 0.15) is 0 Å². The van der Waals surface area contributed by atoms with Gasteiger partial charge in [-0.3, -0.25) is 29.5 Å². The number of likely N-dealkylation sites (tertiary alicyclic amines) is 1. The summed E-state index contributed by atoms with van der Waals surface area (Å²) in [6, 6.07) is 11.7. The van der Waals surface area contributed by atoms with Crippen LogP contribution in [-0.2, 0) is 30.8 Å². The van der Waals surface area contributed by atoms with Crippen LogP contribution in [0.15, 0.2) is 66.4 Å². The summed E-state index contributed by atoms with van der Waals surface area (Å²) in [5.41, 5.74) is 1.44. The monoisotopic (exact) mass is 796 g/mol. The third-order valence-electron chi connectivity index (χ3n) is 12.1. The number of rotatable bonds is 7. The van der Waals surface area contributed by atoms with Crippen LogP contribution in [0.4, 0.5) is 19.0 Å². The van der Waals surface area contributed by atoms with Crippen LogP contribution in [0, 0.1) is 23.7 Å². The van der Waals surface area contributed by atoms with Gasteiger partial charge in [-0.05, 0) is 80.0 Å². The quantitative estimate of drug-likeness (QED) is 0.183. The maximum atomic E-state index is 15.4. The average molecular weight is 798 g/mol. The fourth-order valence-corrected chi connectivity index (χ4v) is 10.2. The average Bonchev–Trinajstić information content (AvgIpc) is 3.54. The maximum Gasteiger partial charge on any atom is 0.417 e. The number of amides is 4. The van der Waals surface area contributed by atoms with Crippen molar-refractivity contribution >= 4 is 52.6 Å². The first kappa shape index (κ1) is 37.3. The molecule has 6 atom stereocenters. The summed E-state index contributed by atoms with van der Waals surface area (Å²) in [5.74, 6) is -6.43. The van der Waals surface area contributed by atoms with Crippen LogP contribution in [0.1, 0.15) is 74.5 Å². The molecular weight excluding hydrogens is 760 g/mol. The first-order valence-corrected chi connectivity index (χ1v) is 19.2. The molecule has 15 heteroatoms. The molecule has 0 bridgehead atoms. The molecule has 1 aromatic heterocycles. The number of anilines is 1. The summed E-state index contributed by atoms with van der Waals surface area (Å²) in [4.78, 5) is 64.1. The fourth-order valence-electron chi connectivity index (χ4n) is 9.86. The number of pyridine rings is 1. The second-order valence-corrected chi connectivity index (χ2v) is 15.8. The molecule has 3 aliphatic carbocycles. The standard InChI is InChI=1S/C40H37Cl2F3N4O6/c1-2-55-31-16-20(8-15-30(31)50)33-25-13-14-26-32(37(53)48(35(26)51)24-6-4-3-5-7-24)27(25)18-28-36(52)49(38(54)39(28,33)21-9-11-23(41)12-10-21)47-34-29(42)17-22(19-46-34)40(43,44)45/h8-13,15-17,19,24,26-28,32-33,50H,2-7,14,18H2,1H3,(H,46,47). The number of aromatic nitrogens is 1. The highest BCUT2D eigenvalue weighted by Gasteiger charge is 2.70. The molecule has 55 heavy (non-hydrogen) atoms. The van der Waals surface area contributed by atoms with E-state index in [4.69, 9.17) is 27.9 Å². The van der Waals surface area contributed by atoms with Gasteiger partial charge >= 0.3 is 6.18 Å². The smallest absolute Gasteiger partial charge is 0.417 e. The number of hydrogen-bond acceptors (Lipinski definition) is 8. The molecule has 2 N–H and O–H groups in total. The van der Waals surface area contributed by atoms with Gasteiger partial charge in [-0.25, -0.2) is 4.98 Å². The van der Waals surface area contributed by atoms with Crippen LogP contribution < -0.4 is 10.2 Å². The molecule has 6 unspecified atom stereocenters. The first-order chi connectivity index (χ1) is 26.3. The summed E-state index contributed by atoms with van der Waals surface area (Å²) in [6.45, 7) is 1.97. The number of hydrogen-bond donors (Lipinski definition) is 2. The number of hydrazine groups is 1. The number of benzene rings is 2. The van der Waals surface area contributed by atoms with Crippen molar-refractivity contribution < 1.29 is 42.2 Å². The van der Waals surface area contributed by atoms with E-state index in [2.05, 4.69) is 10.4 Å². The van der Waals surface area contributed by atoms with Crippen molar-refractivity contribution in [3.63, 3.8) is 0 Å². The Morgan fingerprint density at radius 3 is 2.36 bits per heavy atom. The Kier molecular flexibility index (Phi) is 9.39. The number of fused-ring (bicyclic) bond motifs is 4. The molecule has 4 fully saturated rings. The van der Waals surface area contributed by atoms with Gasteiger partial charge < -0.3 is 9.84 Å². The second-order valence-electron chi connectivity index (χ2n) is 14.9. The van der Waals surface area contributed by atoms with E-state index in [1.54, 1.807) is 43.3 Å². The molecule has 0 radical (unpaired) electrons. The molecular formula is C40H37Cl2F3N4O6. The Morgan fingerprint density at radius 2 is 1.69 bits per heavy atom. The van der Waals surface area contributed by atoms with Crippen LogP contribution in [0.25, 0.3) is 0 Å². The third-order valence-corrected chi connectivity index (χ3v) is 12.7. The van der Waals surface area contributed by atoms with Crippen molar-refractivity contribution in [1.82, 2.24) is 14.9 Å². The molecule has 2 aromatic carbocycles. The van der Waals surface area contributed by atoms with Gasteiger partial charge in [0.25, 0.3) is 11.8 Å². The van der Waals surface area contributed by atoms with Gasteiger partial charge in [-0.15, -0.1) is 0 Å². The zero-order chi connectivity index (χ0) is 39.0. The Balaban J connectivity index is 1.31. The number of carbonyl (C=O) groups excluding carboxylic acids is 4. The van der Waals surface area contributed by atoms with Gasteiger partial charge in [0.2, 0.25) is 11.8 Å². The number of phenolic OH excluding ortho intramolecular Hbond substituents is 1. The van der Waals surface area contributed by atoms with Crippen molar-refractivity contribution in [2.24, 2.45) is 23.7 Å². The maximum absolute atomic E-state index is 15.4. The largest absolute Gasteiger partial charge is 0.504 e. The normalized spacial score (nSPS) is 28.2. The predicted molar refractivity (Wildman–Crippen MR) is 195 cm³/mol. The number of phenols is 1. The molecule has 3 aromatic rings. The minimum absolute atomic E-state index is 0.0109. The van der Waals surface area contributed by atoms with E-state index in [9.17, 15) is 32.7 Å². The highest BCUT2D eigenvalue weighted by molar-refractivity contribution is 6.33.